The lowest BCUT2D eigenvalue weighted by atomic mass is 9.98. The Hall–Kier alpha value is -2.02. The van der Waals surface area contributed by atoms with Gasteiger partial charge in [-0.3, -0.25) is 0 Å². The number of fused-ring (bicyclic) bond motifs is 2. The topological polar surface area (TPSA) is 61.5 Å². The number of hydrogen-bond donors (Lipinski definition) is 0. The Morgan fingerprint density at radius 3 is 2.91 bits per heavy atom. The van der Waals surface area contributed by atoms with E-state index in [4.69, 9.17) is 14.6 Å². The average molecular weight is 330 g/mol. The molecule has 1 fully saturated rings. The fourth-order valence-electron chi connectivity index (χ4n) is 3.04. The second-order valence-electron chi connectivity index (χ2n) is 5.63. The molecular weight excluding hydrogens is 312 g/mol. The van der Waals surface area contributed by atoms with E-state index < -0.39 is 0 Å². The largest absolute Gasteiger partial charge is 0.497 e. The van der Waals surface area contributed by atoms with Crippen LogP contribution in [0.1, 0.15) is 25.7 Å². The summed E-state index contributed by atoms with van der Waals surface area (Å²) in [6, 6.07) is 5.68. The summed E-state index contributed by atoms with van der Waals surface area (Å²) < 4.78 is 12.6. The van der Waals surface area contributed by atoms with Crippen LogP contribution in [0.15, 0.2) is 28.5 Å². The van der Waals surface area contributed by atoms with Crippen molar-refractivity contribution < 1.29 is 9.47 Å². The third-order valence-corrected chi connectivity index (χ3v) is 5.52. The van der Waals surface area contributed by atoms with E-state index in [1.165, 1.54) is 25.0 Å². The van der Waals surface area contributed by atoms with Crippen molar-refractivity contribution in [1.82, 2.24) is 14.9 Å². The highest BCUT2D eigenvalue weighted by Crippen LogP contribution is 2.39. The molecule has 1 atom stereocenters. The molecule has 0 radical (unpaired) electrons. The van der Waals surface area contributed by atoms with Crippen LogP contribution in [-0.4, -0.2) is 40.1 Å². The summed E-state index contributed by atoms with van der Waals surface area (Å²) >= 11 is 1.77. The molecule has 0 spiro atoms. The summed E-state index contributed by atoms with van der Waals surface area (Å²) in [4.78, 5) is 0. The lowest BCUT2D eigenvalue weighted by Crippen LogP contribution is -2.26. The van der Waals surface area contributed by atoms with Crippen LogP contribution >= 0.6 is 11.8 Å². The van der Waals surface area contributed by atoms with Crippen molar-refractivity contribution in [2.24, 2.45) is 5.10 Å². The van der Waals surface area contributed by atoms with Crippen molar-refractivity contribution in [2.75, 3.05) is 14.2 Å². The van der Waals surface area contributed by atoms with E-state index in [2.05, 4.69) is 10.2 Å². The van der Waals surface area contributed by atoms with Crippen molar-refractivity contribution >= 4 is 17.5 Å². The van der Waals surface area contributed by atoms with E-state index in [-0.39, 0.29) is 0 Å². The number of ether oxygens (including phenoxy) is 2. The minimum absolute atomic E-state index is 0.464. The van der Waals surface area contributed by atoms with Crippen LogP contribution in [0.5, 0.6) is 11.5 Å². The van der Waals surface area contributed by atoms with Crippen LogP contribution in [-0.2, 0) is 0 Å². The lowest BCUT2D eigenvalue weighted by molar-refractivity contribution is 0.395. The summed E-state index contributed by atoms with van der Waals surface area (Å²) in [5, 5.41) is 14.8. The smallest absolute Gasteiger partial charge is 0.213 e. The molecule has 120 valence electrons. The predicted molar refractivity (Wildman–Crippen MR) is 89.5 cm³/mol. The fraction of sp³-hybridized carbons (Fsp3) is 0.438. The van der Waals surface area contributed by atoms with Gasteiger partial charge in [0.25, 0.3) is 0 Å². The summed E-state index contributed by atoms with van der Waals surface area (Å²) in [6.07, 6.45) is 4.73. The molecule has 2 heterocycles. The first kappa shape index (κ1) is 14.6. The molecule has 1 aliphatic carbocycles. The maximum Gasteiger partial charge on any atom is 0.213 e. The molecule has 0 saturated heterocycles. The molecule has 1 saturated carbocycles. The van der Waals surface area contributed by atoms with Crippen LogP contribution in [0.2, 0.25) is 0 Å². The zero-order chi connectivity index (χ0) is 15.8. The molecule has 1 aromatic heterocycles. The van der Waals surface area contributed by atoms with Crippen molar-refractivity contribution in [1.29, 1.82) is 0 Å². The molecule has 6 nitrogen and oxygen atoms in total. The normalized spacial score (nSPS) is 19.6. The molecule has 2 aliphatic rings. The van der Waals surface area contributed by atoms with Gasteiger partial charge in [-0.15, -0.1) is 10.2 Å². The molecule has 0 bridgehead atoms. The maximum absolute atomic E-state index is 5.49. The highest BCUT2D eigenvalue weighted by molar-refractivity contribution is 8.00. The van der Waals surface area contributed by atoms with E-state index in [1.807, 2.05) is 22.9 Å². The zero-order valence-corrected chi connectivity index (χ0v) is 14.0. The first-order chi connectivity index (χ1) is 11.3. The Kier molecular flexibility index (Phi) is 3.72. The summed E-state index contributed by atoms with van der Waals surface area (Å²) in [5.41, 5.74) is 2.12. The van der Waals surface area contributed by atoms with Gasteiger partial charge in [0.2, 0.25) is 5.16 Å². The molecule has 1 aliphatic heterocycles. The summed E-state index contributed by atoms with van der Waals surface area (Å²) in [6.45, 7) is 0. The second-order valence-corrected chi connectivity index (χ2v) is 6.80. The zero-order valence-electron chi connectivity index (χ0n) is 13.2. The summed E-state index contributed by atoms with van der Waals surface area (Å²) in [7, 11) is 3.28. The van der Waals surface area contributed by atoms with Crippen LogP contribution in [0.4, 0.5) is 0 Å². The van der Waals surface area contributed by atoms with Crippen molar-refractivity contribution in [3.05, 3.63) is 18.2 Å². The van der Waals surface area contributed by atoms with E-state index in [1.54, 1.807) is 26.0 Å². The first-order valence-corrected chi connectivity index (χ1v) is 8.60. The third kappa shape index (κ3) is 2.49. The van der Waals surface area contributed by atoms with Gasteiger partial charge in [0.1, 0.15) is 11.5 Å². The van der Waals surface area contributed by atoms with Gasteiger partial charge in [-0.1, -0.05) is 18.2 Å². The fourth-order valence-corrected chi connectivity index (χ4v) is 4.20. The third-order valence-electron chi connectivity index (χ3n) is 4.26. The van der Waals surface area contributed by atoms with Crippen molar-refractivity contribution in [2.45, 2.75) is 36.1 Å². The van der Waals surface area contributed by atoms with Gasteiger partial charge in [-0.05, 0) is 31.4 Å². The molecule has 23 heavy (non-hydrogen) atoms. The van der Waals surface area contributed by atoms with Gasteiger partial charge in [-0.25, -0.2) is 0 Å². The molecule has 0 amide bonds. The molecule has 4 rings (SSSR count). The van der Waals surface area contributed by atoms with Gasteiger partial charge in [0.15, 0.2) is 5.82 Å². The number of hydrogen-bond acceptors (Lipinski definition) is 6. The van der Waals surface area contributed by atoms with Crippen LogP contribution in [0.3, 0.4) is 0 Å². The number of nitrogens with zero attached hydrogens (tertiary/aromatic N) is 4. The minimum atomic E-state index is 0.464. The Labute approximate surface area is 138 Å². The highest BCUT2D eigenvalue weighted by atomic mass is 32.2. The number of aromatic nitrogens is 3. The Balaban J connectivity index is 1.79. The molecular formula is C16H18N4O2S. The van der Waals surface area contributed by atoms with Crippen LogP contribution in [0, 0.1) is 0 Å². The predicted octanol–water partition coefficient (Wildman–Crippen LogP) is 3.21. The van der Waals surface area contributed by atoms with E-state index in [0.29, 0.717) is 16.8 Å². The Bertz CT molecular complexity index is 771. The Morgan fingerprint density at radius 1 is 1.17 bits per heavy atom. The minimum Gasteiger partial charge on any atom is -0.497 e. The van der Waals surface area contributed by atoms with Gasteiger partial charge >= 0.3 is 0 Å². The van der Waals surface area contributed by atoms with Crippen molar-refractivity contribution in [3.63, 3.8) is 0 Å². The highest BCUT2D eigenvalue weighted by Gasteiger charge is 2.30. The van der Waals surface area contributed by atoms with Gasteiger partial charge in [0.05, 0.1) is 30.7 Å². The van der Waals surface area contributed by atoms with Gasteiger partial charge < -0.3 is 9.47 Å². The molecule has 0 N–H and O–H groups in total. The molecule has 7 heteroatoms. The molecule has 0 unspecified atom stereocenters. The first-order valence-electron chi connectivity index (χ1n) is 7.72. The van der Waals surface area contributed by atoms with Gasteiger partial charge in [0, 0.05) is 6.07 Å². The lowest BCUT2D eigenvalue weighted by Gasteiger charge is -2.26. The monoisotopic (exact) mass is 330 g/mol. The number of rotatable bonds is 3. The van der Waals surface area contributed by atoms with E-state index >= 15 is 0 Å². The number of thioether (sulfide) groups is 1. The second kappa shape index (κ2) is 5.88. The van der Waals surface area contributed by atoms with E-state index in [0.717, 1.165) is 22.9 Å². The SMILES string of the molecule is COc1ccc(-c2nnc3n2N=C2CCCC[C@H]2S3)c(OC)c1. The average Bonchev–Trinajstić information content (AvgIpc) is 3.01. The number of benzene rings is 1. The Morgan fingerprint density at radius 2 is 2.09 bits per heavy atom. The van der Waals surface area contributed by atoms with Crippen LogP contribution < -0.4 is 9.47 Å². The van der Waals surface area contributed by atoms with Crippen LogP contribution in [0.25, 0.3) is 11.4 Å². The van der Waals surface area contributed by atoms with Crippen molar-refractivity contribution in [3.8, 4) is 22.9 Å². The molecule has 1 aromatic carbocycles. The van der Waals surface area contributed by atoms with E-state index in [9.17, 15) is 0 Å². The standard InChI is InChI=1S/C16H18N4O2S/c1-21-10-7-8-11(13(9-10)22-2)15-17-18-16-20(15)19-12-5-3-4-6-14(12)23-16/h7-9,14H,3-6H2,1-2H3/t14-/m1/s1. The maximum atomic E-state index is 5.49. The number of methoxy groups -OCH3 is 2. The summed E-state index contributed by atoms with van der Waals surface area (Å²) in [5.74, 6) is 2.16. The van der Waals surface area contributed by atoms with Gasteiger partial charge in [-0.2, -0.15) is 9.78 Å². The quantitative estimate of drug-likeness (QED) is 0.865. The molecule has 2 aromatic rings.